The van der Waals surface area contributed by atoms with E-state index in [1.165, 1.54) is 12.1 Å². The first kappa shape index (κ1) is 23.1. The van der Waals surface area contributed by atoms with E-state index in [1.54, 1.807) is 47.8 Å². The van der Waals surface area contributed by atoms with Crippen molar-refractivity contribution in [3.8, 4) is 5.75 Å². The highest BCUT2D eigenvalue weighted by Crippen LogP contribution is 2.28. The molecule has 1 aliphatic heterocycles. The highest BCUT2D eigenvalue weighted by atomic mass is 35.5. The third kappa shape index (κ3) is 5.31. The first-order valence-electron chi connectivity index (χ1n) is 10.7. The number of ether oxygens (including phenoxy) is 1. The number of sulfonamides is 1. The molecule has 1 saturated heterocycles. The van der Waals surface area contributed by atoms with Crippen LogP contribution in [0.1, 0.15) is 36.2 Å². The number of hydrogen-bond donors (Lipinski definition) is 1. The van der Waals surface area contributed by atoms with Gasteiger partial charge in [-0.25, -0.2) is 13.4 Å². The van der Waals surface area contributed by atoms with Crippen LogP contribution in [0.3, 0.4) is 0 Å². The van der Waals surface area contributed by atoms with E-state index in [0.717, 1.165) is 12.8 Å². The van der Waals surface area contributed by atoms with Crippen LogP contribution in [0.2, 0.25) is 5.02 Å². The van der Waals surface area contributed by atoms with Crippen molar-refractivity contribution in [1.29, 1.82) is 0 Å². The maximum atomic E-state index is 13.1. The molecule has 2 aromatic carbocycles. The zero-order valence-corrected chi connectivity index (χ0v) is 19.7. The van der Waals surface area contributed by atoms with E-state index in [0.29, 0.717) is 37.2 Å². The molecule has 0 radical (unpaired) electrons. The van der Waals surface area contributed by atoms with Crippen molar-refractivity contribution in [3.63, 3.8) is 0 Å². The first-order valence-corrected chi connectivity index (χ1v) is 12.6. The lowest BCUT2D eigenvalue weighted by Gasteiger charge is -2.32. The monoisotopic (exact) mass is 488 g/mol. The Bertz CT molecular complexity index is 1210. The molecule has 0 bridgehead atoms. The van der Waals surface area contributed by atoms with Gasteiger partial charge in [-0.2, -0.15) is 0 Å². The molecule has 0 saturated carbocycles. The number of halogens is 1. The second kappa shape index (κ2) is 9.84. The molecule has 1 aliphatic rings. The minimum atomic E-state index is -4.00. The van der Waals surface area contributed by atoms with Gasteiger partial charge in [-0.15, -0.1) is 0 Å². The van der Waals surface area contributed by atoms with E-state index in [-0.39, 0.29) is 21.4 Å². The van der Waals surface area contributed by atoms with Gasteiger partial charge in [0.25, 0.3) is 15.9 Å². The summed E-state index contributed by atoms with van der Waals surface area (Å²) in [6, 6.07) is 11.2. The fourth-order valence-corrected chi connectivity index (χ4v) is 5.46. The van der Waals surface area contributed by atoms with Gasteiger partial charge < -0.3 is 14.2 Å². The molecular formula is C23H25ClN4O4S. The number of likely N-dealkylation sites (tertiary alicyclic amines) is 1. The summed E-state index contributed by atoms with van der Waals surface area (Å²) in [6.45, 7) is 3.55. The van der Waals surface area contributed by atoms with Crippen molar-refractivity contribution in [3.05, 3.63) is 71.8 Å². The number of rotatable bonds is 7. The molecule has 4 rings (SSSR count). The molecule has 0 atom stereocenters. The molecule has 3 aromatic rings. The normalized spacial score (nSPS) is 14.8. The number of amides is 1. The van der Waals surface area contributed by atoms with E-state index in [1.807, 2.05) is 13.1 Å². The number of hydrogen-bond acceptors (Lipinski definition) is 5. The SMILES string of the molecule is CCOc1ccc(NS(=O)(=O)c2cc(C(=O)N3CCC(n4ccnc4)CC3)ccc2Cl)cc1. The molecule has 2 heterocycles. The summed E-state index contributed by atoms with van der Waals surface area (Å²) in [4.78, 5) is 18.8. The molecule has 10 heteroatoms. The van der Waals surface area contributed by atoms with E-state index >= 15 is 0 Å². The quantitative estimate of drug-likeness (QED) is 0.537. The first-order chi connectivity index (χ1) is 15.9. The summed E-state index contributed by atoms with van der Waals surface area (Å²) in [5, 5.41) is 0.0452. The summed E-state index contributed by atoms with van der Waals surface area (Å²) in [7, 11) is -4.00. The molecule has 1 amide bonds. The van der Waals surface area contributed by atoms with Crippen LogP contribution in [0.25, 0.3) is 0 Å². The summed E-state index contributed by atoms with van der Waals surface area (Å²) in [5.74, 6) is 0.427. The minimum Gasteiger partial charge on any atom is -0.494 e. The van der Waals surface area contributed by atoms with E-state index < -0.39 is 10.0 Å². The maximum Gasteiger partial charge on any atom is 0.263 e. The van der Waals surface area contributed by atoms with Gasteiger partial charge in [0.05, 0.1) is 18.0 Å². The zero-order chi connectivity index (χ0) is 23.4. The van der Waals surface area contributed by atoms with Crippen molar-refractivity contribution in [2.24, 2.45) is 0 Å². The van der Waals surface area contributed by atoms with Gasteiger partial charge in [0, 0.05) is 42.8 Å². The van der Waals surface area contributed by atoms with Crippen LogP contribution in [-0.2, 0) is 10.0 Å². The summed E-state index contributed by atoms with van der Waals surface area (Å²) in [5.41, 5.74) is 0.653. The predicted octanol–water partition coefficient (Wildman–Crippen LogP) is 4.21. The Morgan fingerprint density at radius 1 is 1.18 bits per heavy atom. The van der Waals surface area contributed by atoms with Crippen LogP contribution in [-0.4, -0.2) is 48.5 Å². The summed E-state index contributed by atoms with van der Waals surface area (Å²) >= 11 is 6.21. The van der Waals surface area contributed by atoms with Gasteiger partial charge >= 0.3 is 0 Å². The zero-order valence-electron chi connectivity index (χ0n) is 18.1. The Labute approximate surface area is 198 Å². The van der Waals surface area contributed by atoms with Crippen LogP contribution in [0, 0.1) is 0 Å². The number of nitrogens with zero attached hydrogens (tertiary/aromatic N) is 3. The topological polar surface area (TPSA) is 93.5 Å². The lowest BCUT2D eigenvalue weighted by atomic mass is 10.0. The second-order valence-electron chi connectivity index (χ2n) is 7.74. The van der Waals surface area contributed by atoms with Gasteiger partial charge in [0.15, 0.2) is 0 Å². The Kier molecular flexibility index (Phi) is 6.90. The van der Waals surface area contributed by atoms with Crippen LogP contribution < -0.4 is 9.46 Å². The van der Waals surface area contributed by atoms with Crippen molar-refractivity contribution < 1.29 is 17.9 Å². The average Bonchev–Trinajstić information content (AvgIpc) is 3.35. The van der Waals surface area contributed by atoms with Crippen molar-refractivity contribution in [1.82, 2.24) is 14.5 Å². The molecule has 1 N–H and O–H groups in total. The van der Waals surface area contributed by atoms with Crippen LogP contribution >= 0.6 is 11.6 Å². The molecule has 8 nitrogen and oxygen atoms in total. The summed E-state index contributed by atoms with van der Waals surface area (Å²) < 4.78 is 35.9. The molecule has 1 aromatic heterocycles. The molecule has 0 spiro atoms. The Morgan fingerprint density at radius 3 is 2.55 bits per heavy atom. The number of aromatic nitrogens is 2. The van der Waals surface area contributed by atoms with Gasteiger partial charge in [-0.3, -0.25) is 9.52 Å². The lowest BCUT2D eigenvalue weighted by molar-refractivity contribution is 0.0694. The third-order valence-electron chi connectivity index (χ3n) is 5.58. The average molecular weight is 489 g/mol. The minimum absolute atomic E-state index is 0.0452. The van der Waals surface area contributed by atoms with Gasteiger partial charge in [-0.1, -0.05) is 11.6 Å². The predicted molar refractivity (Wildman–Crippen MR) is 126 cm³/mol. The Morgan fingerprint density at radius 2 is 1.91 bits per heavy atom. The largest absolute Gasteiger partial charge is 0.494 e. The molecular weight excluding hydrogens is 464 g/mol. The number of imidazole rings is 1. The Balaban J connectivity index is 1.48. The number of carbonyl (C=O) groups is 1. The summed E-state index contributed by atoms with van der Waals surface area (Å²) in [6.07, 6.45) is 7.07. The number of nitrogens with one attached hydrogen (secondary N) is 1. The number of piperidine rings is 1. The van der Waals surface area contributed by atoms with Crippen LogP contribution in [0.5, 0.6) is 5.75 Å². The molecule has 1 fully saturated rings. The fraction of sp³-hybridized carbons (Fsp3) is 0.304. The van der Waals surface area contributed by atoms with Crippen molar-refractivity contribution in [2.75, 3.05) is 24.4 Å². The van der Waals surface area contributed by atoms with Crippen molar-refractivity contribution in [2.45, 2.75) is 30.7 Å². The standard InChI is InChI=1S/C23H25ClN4O4S/c1-2-32-20-6-4-18(5-7-20)26-33(30,31)22-15-17(3-8-21(22)24)23(29)27-12-9-19(10-13-27)28-14-11-25-16-28/h3-8,11,14-16,19,26H,2,9-10,12-13H2,1H3. The number of benzene rings is 2. The number of carbonyl (C=O) groups excluding carboxylic acids is 1. The Hall–Kier alpha value is -3.04. The smallest absolute Gasteiger partial charge is 0.263 e. The van der Waals surface area contributed by atoms with Gasteiger partial charge in [0.2, 0.25) is 0 Å². The molecule has 33 heavy (non-hydrogen) atoms. The molecule has 174 valence electrons. The molecule has 0 unspecified atom stereocenters. The van der Waals surface area contributed by atoms with E-state index in [2.05, 4.69) is 14.3 Å². The van der Waals surface area contributed by atoms with Crippen LogP contribution in [0.4, 0.5) is 5.69 Å². The van der Waals surface area contributed by atoms with Gasteiger partial charge in [0.1, 0.15) is 10.6 Å². The third-order valence-corrected chi connectivity index (χ3v) is 7.45. The van der Waals surface area contributed by atoms with Gasteiger partial charge in [-0.05, 0) is 62.2 Å². The van der Waals surface area contributed by atoms with E-state index in [9.17, 15) is 13.2 Å². The maximum absolute atomic E-state index is 13.1. The van der Waals surface area contributed by atoms with E-state index in [4.69, 9.17) is 16.3 Å². The highest BCUT2D eigenvalue weighted by molar-refractivity contribution is 7.92. The highest BCUT2D eigenvalue weighted by Gasteiger charge is 2.26. The van der Waals surface area contributed by atoms with Crippen LogP contribution in [0.15, 0.2) is 66.1 Å². The second-order valence-corrected chi connectivity index (χ2v) is 9.80. The van der Waals surface area contributed by atoms with Crippen molar-refractivity contribution >= 4 is 33.2 Å². The number of anilines is 1. The lowest BCUT2D eigenvalue weighted by Crippen LogP contribution is -2.39. The fourth-order valence-electron chi connectivity index (χ4n) is 3.87. The molecule has 0 aliphatic carbocycles.